The topological polar surface area (TPSA) is 55.1 Å². The van der Waals surface area contributed by atoms with E-state index >= 15 is 0 Å². The van der Waals surface area contributed by atoms with E-state index in [0.29, 0.717) is 5.69 Å². The van der Waals surface area contributed by atoms with E-state index in [9.17, 15) is 4.79 Å². The monoisotopic (exact) mass is 294 g/mol. The summed E-state index contributed by atoms with van der Waals surface area (Å²) in [5.41, 5.74) is 1.40. The van der Waals surface area contributed by atoms with Gasteiger partial charge in [0, 0.05) is 18.0 Å². The van der Waals surface area contributed by atoms with Gasteiger partial charge in [0.25, 0.3) is 5.91 Å². The summed E-state index contributed by atoms with van der Waals surface area (Å²) in [6.45, 7) is 12.6. The number of amides is 1. The van der Waals surface area contributed by atoms with Gasteiger partial charge < -0.3 is 9.84 Å². The highest BCUT2D eigenvalue weighted by Crippen LogP contribution is 2.32. The molecule has 1 N–H and O–H groups in total. The van der Waals surface area contributed by atoms with Gasteiger partial charge in [0.1, 0.15) is 5.76 Å². The SMILES string of the molecule is CCCCC(C)(CC)C(C)NC(=O)c1noc(CC)c1C. The van der Waals surface area contributed by atoms with Crippen molar-refractivity contribution in [3.8, 4) is 0 Å². The quantitative estimate of drug-likeness (QED) is 0.779. The molecule has 1 rings (SSSR count). The molecule has 0 fully saturated rings. The summed E-state index contributed by atoms with van der Waals surface area (Å²) in [5, 5.41) is 7.04. The largest absolute Gasteiger partial charge is 0.360 e. The van der Waals surface area contributed by atoms with Gasteiger partial charge in [0.15, 0.2) is 5.69 Å². The normalized spacial score (nSPS) is 15.5. The number of rotatable bonds is 8. The van der Waals surface area contributed by atoms with Crippen LogP contribution >= 0.6 is 0 Å². The van der Waals surface area contributed by atoms with Gasteiger partial charge in [-0.1, -0.05) is 45.7 Å². The lowest BCUT2D eigenvalue weighted by atomic mass is 9.76. The van der Waals surface area contributed by atoms with Crippen LogP contribution in [-0.4, -0.2) is 17.1 Å². The van der Waals surface area contributed by atoms with Crippen LogP contribution < -0.4 is 5.32 Å². The average molecular weight is 294 g/mol. The van der Waals surface area contributed by atoms with Crippen molar-refractivity contribution in [1.82, 2.24) is 10.5 Å². The minimum atomic E-state index is -0.125. The van der Waals surface area contributed by atoms with E-state index in [0.717, 1.165) is 30.6 Å². The Hall–Kier alpha value is -1.32. The van der Waals surface area contributed by atoms with E-state index in [1.54, 1.807) is 0 Å². The Morgan fingerprint density at radius 2 is 2.05 bits per heavy atom. The van der Waals surface area contributed by atoms with E-state index < -0.39 is 0 Å². The van der Waals surface area contributed by atoms with Crippen molar-refractivity contribution >= 4 is 5.91 Å². The van der Waals surface area contributed by atoms with Crippen molar-refractivity contribution in [3.05, 3.63) is 17.0 Å². The molecule has 0 saturated carbocycles. The number of aromatic nitrogens is 1. The first-order chi connectivity index (χ1) is 9.89. The molecule has 0 aliphatic carbocycles. The zero-order chi connectivity index (χ0) is 16.0. The first-order valence-corrected chi connectivity index (χ1v) is 8.15. The zero-order valence-corrected chi connectivity index (χ0v) is 14.4. The second kappa shape index (κ2) is 7.62. The van der Waals surface area contributed by atoms with Crippen LogP contribution in [0, 0.1) is 12.3 Å². The summed E-state index contributed by atoms with van der Waals surface area (Å²) >= 11 is 0. The molecule has 1 heterocycles. The molecule has 4 heteroatoms. The molecule has 1 aromatic rings. The zero-order valence-electron chi connectivity index (χ0n) is 14.4. The van der Waals surface area contributed by atoms with Gasteiger partial charge >= 0.3 is 0 Å². The highest BCUT2D eigenvalue weighted by molar-refractivity contribution is 5.93. The summed E-state index contributed by atoms with van der Waals surface area (Å²) in [5.74, 6) is 0.664. The number of carbonyl (C=O) groups is 1. The van der Waals surface area contributed by atoms with Crippen LogP contribution in [0.5, 0.6) is 0 Å². The molecule has 4 nitrogen and oxygen atoms in total. The maximum absolute atomic E-state index is 12.4. The summed E-state index contributed by atoms with van der Waals surface area (Å²) < 4.78 is 5.21. The summed E-state index contributed by atoms with van der Waals surface area (Å²) in [6.07, 6.45) is 5.29. The average Bonchev–Trinajstić information content (AvgIpc) is 2.85. The van der Waals surface area contributed by atoms with Gasteiger partial charge in [-0.3, -0.25) is 4.79 Å². The molecule has 0 radical (unpaired) electrons. The molecule has 21 heavy (non-hydrogen) atoms. The Labute approximate surface area is 128 Å². The van der Waals surface area contributed by atoms with Crippen LogP contribution in [0.3, 0.4) is 0 Å². The highest BCUT2D eigenvalue weighted by atomic mass is 16.5. The van der Waals surface area contributed by atoms with Gasteiger partial charge in [0.05, 0.1) is 0 Å². The van der Waals surface area contributed by atoms with Crippen molar-refractivity contribution in [2.24, 2.45) is 5.41 Å². The summed E-state index contributed by atoms with van der Waals surface area (Å²) in [4.78, 5) is 12.4. The Morgan fingerprint density at radius 3 is 2.52 bits per heavy atom. The minimum absolute atomic E-state index is 0.114. The van der Waals surface area contributed by atoms with Crippen molar-refractivity contribution in [2.75, 3.05) is 0 Å². The maximum atomic E-state index is 12.4. The van der Waals surface area contributed by atoms with Crippen molar-refractivity contribution in [1.29, 1.82) is 0 Å². The molecule has 0 aromatic carbocycles. The molecule has 1 amide bonds. The Morgan fingerprint density at radius 1 is 1.38 bits per heavy atom. The van der Waals surface area contributed by atoms with Crippen LogP contribution in [0.1, 0.15) is 82.1 Å². The van der Waals surface area contributed by atoms with Crippen LogP contribution in [0.2, 0.25) is 0 Å². The second-order valence-corrected chi connectivity index (χ2v) is 6.24. The molecule has 0 saturated heterocycles. The standard InChI is InChI=1S/C17H30N2O2/c1-7-10-11-17(6,9-3)13(5)18-16(20)15-12(4)14(8-2)21-19-15/h13H,7-11H2,1-6H3,(H,18,20). The van der Waals surface area contributed by atoms with E-state index in [1.165, 1.54) is 12.8 Å². The predicted molar refractivity (Wildman–Crippen MR) is 85.5 cm³/mol. The fourth-order valence-electron chi connectivity index (χ4n) is 2.63. The third-order valence-electron chi connectivity index (χ3n) is 4.86. The van der Waals surface area contributed by atoms with Crippen LogP contribution in [0.25, 0.3) is 0 Å². The Balaban J connectivity index is 2.78. The van der Waals surface area contributed by atoms with Gasteiger partial charge in [0.2, 0.25) is 0 Å². The number of nitrogens with zero attached hydrogens (tertiary/aromatic N) is 1. The third-order valence-corrected chi connectivity index (χ3v) is 4.86. The molecule has 0 bridgehead atoms. The molecule has 0 aliphatic heterocycles. The van der Waals surface area contributed by atoms with Gasteiger partial charge in [-0.15, -0.1) is 0 Å². The minimum Gasteiger partial charge on any atom is -0.360 e. The molecule has 2 atom stereocenters. The van der Waals surface area contributed by atoms with E-state index in [2.05, 4.69) is 38.2 Å². The molecular formula is C17H30N2O2. The first kappa shape index (κ1) is 17.7. The predicted octanol–water partition coefficient (Wildman–Crippen LogP) is 4.27. The van der Waals surface area contributed by atoms with Crippen LogP contribution in [0.4, 0.5) is 0 Å². The van der Waals surface area contributed by atoms with Crippen molar-refractivity contribution < 1.29 is 9.32 Å². The fraction of sp³-hybridized carbons (Fsp3) is 0.765. The molecule has 0 aliphatic rings. The lowest BCUT2D eigenvalue weighted by Crippen LogP contribution is -2.44. The first-order valence-electron chi connectivity index (χ1n) is 8.15. The molecular weight excluding hydrogens is 264 g/mol. The number of aryl methyl sites for hydroxylation is 1. The highest BCUT2D eigenvalue weighted by Gasteiger charge is 2.31. The number of hydrogen-bond acceptors (Lipinski definition) is 3. The number of carbonyl (C=O) groups excluding carboxylic acids is 1. The van der Waals surface area contributed by atoms with Crippen LogP contribution in [0.15, 0.2) is 4.52 Å². The molecule has 2 unspecified atom stereocenters. The molecule has 1 aromatic heterocycles. The van der Waals surface area contributed by atoms with Gasteiger partial charge in [-0.25, -0.2) is 0 Å². The Bertz CT molecular complexity index is 467. The lowest BCUT2D eigenvalue weighted by Gasteiger charge is -2.35. The lowest BCUT2D eigenvalue weighted by molar-refractivity contribution is 0.0873. The van der Waals surface area contributed by atoms with E-state index in [4.69, 9.17) is 4.52 Å². The third kappa shape index (κ3) is 4.08. The van der Waals surface area contributed by atoms with E-state index in [-0.39, 0.29) is 17.4 Å². The van der Waals surface area contributed by atoms with E-state index in [1.807, 2.05) is 13.8 Å². The van der Waals surface area contributed by atoms with Gasteiger partial charge in [-0.05, 0) is 32.1 Å². The fourth-order valence-corrected chi connectivity index (χ4v) is 2.63. The maximum Gasteiger partial charge on any atom is 0.273 e. The Kier molecular flexibility index (Phi) is 6.43. The van der Waals surface area contributed by atoms with Crippen molar-refractivity contribution in [3.63, 3.8) is 0 Å². The molecule has 0 spiro atoms. The molecule has 120 valence electrons. The number of unbranched alkanes of at least 4 members (excludes halogenated alkanes) is 1. The number of nitrogens with one attached hydrogen (secondary N) is 1. The summed E-state index contributed by atoms with van der Waals surface area (Å²) in [6, 6.07) is 0.114. The summed E-state index contributed by atoms with van der Waals surface area (Å²) in [7, 11) is 0. The second-order valence-electron chi connectivity index (χ2n) is 6.24. The smallest absolute Gasteiger partial charge is 0.273 e. The van der Waals surface area contributed by atoms with Crippen LogP contribution in [-0.2, 0) is 6.42 Å². The van der Waals surface area contributed by atoms with Crippen molar-refractivity contribution in [2.45, 2.75) is 79.7 Å². The number of hydrogen-bond donors (Lipinski definition) is 1. The van der Waals surface area contributed by atoms with Gasteiger partial charge in [-0.2, -0.15) is 0 Å².